The number of aryl methyl sites for hydroxylation is 1. The van der Waals surface area contributed by atoms with Crippen LogP contribution in [0.25, 0.3) is 11.5 Å². The third kappa shape index (κ3) is 2.88. The molecule has 0 amide bonds. The molecule has 0 spiro atoms. The van der Waals surface area contributed by atoms with Gasteiger partial charge in [0.25, 0.3) is 5.89 Å². The summed E-state index contributed by atoms with van der Waals surface area (Å²) in [7, 11) is -3.28. The summed E-state index contributed by atoms with van der Waals surface area (Å²) in [6.07, 6.45) is 3.91. The first-order valence-electron chi connectivity index (χ1n) is 6.74. The van der Waals surface area contributed by atoms with E-state index in [1.807, 2.05) is 6.92 Å². The number of rotatable bonds is 3. The highest BCUT2D eigenvalue weighted by molar-refractivity contribution is 7.90. The van der Waals surface area contributed by atoms with Crippen LogP contribution in [0.3, 0.4) is 0 Å². The number of nitrogens with two attached hydrogens (primary N) is 1. The Bertz CT molecular complexity index is 797. The first-order chi connectivity index (χ1) is 9.79. The Hall–Kier alpha value is -1.44. The van der Waals surface area contributed by atoms with E-state index in [4.69, 9.17) is 10.3 Å². The summed E-state index contributed by atoms with van der Waals surface area (Å²) in [5, 5.41) is 3.96. The van der Waals surface area contributed by atoms with Gasteiger partial charge in [-0.1, -0.05) is 11.2 Å². The van der Waals surface area contributed by atoms with Gasteiger partial charge in [0.2, 0.25) is 0 Å². The molecule has 0 bridgehead atoms. The highest BCUT2D eigenvalue weighted by Gasteiger charge is 2.39. The van der Waals surface area contributed by atoms with Gasteiger partial charge in [-0.2, -0.15) is 4.98 Å². The third-order valence-electron chi connectivity index (χ3n) is 3.98. The van der Waals surface area contributed by atoms with Crippen LogP contribution in [0, 0.1) is 6.92 Å². The summed E-state index contributed by atoms with van der Waals surface area (Å²) in [6.45, 7) is 1.87. The van der Waals surface area contributed by atoms with Crippen LogP contribution in [0.4, 0.5) is 0 Å². The van der Waals surface area contributed by atoms with Crippen LogP contribution in [-0.4, -0.2) is 24.8 Å². The molecular weight excluding hydrogens is 326 g/mol. The molecule has 1 aliphatic carbocycles. The van der Waals surface area contributed by atoms with Crippen LogP contribution in [0.5, 0.6) is 0 Å². The number of halogens is 1. The van der Waals surface area contributed by atoms with Crippen molar-refractivity contribution in [1.82, 2.24) is 10.1 Å². The normalized spacial score (nSPS) is 16.7. The largest absolute Gasteiger partial charge is 0.334 e. The average Bonchev–Trinajstić information content (AvgIpc) is 2.84. The second-order valence-corrected chi connectivity index (χ2v) is 7.70. The van der Waals surface area contributed by atoms with Crippen molar-refractivity contribution < 1.29 is 12.9 Å². The van der Waals surface area contributed by atoms with Gasteiger partial charge in [0, 0.05) is 11.8 Å². The molecule has 1 aromatic carbocycles. The van der Waals surface area contributed by atoms with Gasteiger partial charge in [0.05, 0.1) is 10.4 Å². The fraction of sp³-hybridized carbons (Fsp3) is 0.429. The lowest BCUT2D eigenvalue weighted by atomic mass is 9.77. The second-order valence-electron chi connectivity index (χ2n) is 5.68. The molecule has 0 radical (unpaired) electrons. The number of benzene rings is 1. The van der Waals surface area contributed by atoms with Gasteiger partial charge in [-0.15, -0.1) is 12.4 Å². The van der Waals surface area contributed by atoms with Gasteiger partial charge < -0.3 is 10.3 Å². The summed E-state index contributed by atoms with van der Waals surface area (Å²) in [6, 6.07) is 4.87. The summed E-state index contributed by atoms with van der Waals surface area (Å²) in [5.74, 6) is 0.803. The maximum Gasteiger partial charge on any atom is 0.258 e. The Morgan fingerprint density at radius 2 is 2.00 bits per heavy atom. The van der Waals surface area contributed by atoms with E-state index in [-0.39, 0.29) is 17.3 Å². The molecule has 8 heteroatoms. The van der Waals surface area contributed by atoms with E-state index in [0.29, 0.717) is 17.3 Å². The monoisotopic (exact) mass is 343 g/mol. The molecule has 1 fully saturated rings. The molecule has 1 aliphatic rings. The zero-order valence-electron chi connectivity index (χ0n) is 12.4. The van der Waals surface area contributed by atoms with E-state index in [1.54, 1.807) is 18.2 Å². The first kappa shape index (κ1) is 16.9. The molecule has 0 saturated heterocycles. The quantitative estimate of drug-likeness (QED) is 0.917. The number of aromatic nitrogens is 2. The molecule has 0 unspecified atom stereocenters. The summed E-state index contributed by atoms with van der Waals surface area (Å²) in [5.41, 5.74) is 7.17. The Morgan fingerprint density at radius 1 is 1.32 bits per heavy atom. The van der Waals surface area contributed by atoms with Crippen LogP contribution in [-0.2, 0) is 15.4 Å². The van der Waals surface area contributed by atoms with E-state index >= 15 is 0 Å². The molecule has 2 N–H and O–H groups in total. The molecule has 6 nitrogen and oxygen atoms in total. The number of nitrogens with zero attached hydrogens (tertiary/aromatic N) is 2. The lowest BCUT2D eigenvalue weighted by Gasteiger charge is -2.34. The first-order valence-corrected chi connectivity index (χ1v) is 8.63. The second kappa shape index (κ2) is 5.64. The predicted octanol–water partition coefficient (Wildman–Crippen LogP) is 2.21. The molecule has 0 atom stereocenters. The van der Waals surface area contributed by atoms with Crippen molar-refractivity contribution >= 4 is 22.2 Å². The fourth-order valence-corrected chi connectivity index (χ4v) is 3.03. The van der Waals surface area contributed by atoms with Crippen LogP contribution in [0.15, 0.2) is 27.6 Å². The van der Waals surface area contributed by atoms with E-state index in [1.165, 1.54) is 6.26 Å². The van der Waals surface area contributed by atoms with Crippen molar-refractivity contribution in [2.75, 3.05) is 6.26 Å². The van der Waals surface area contributed by atoms with E-state index in [0.717, 1.165) is 24.8 Å². The minimum absolute atomic E-state index is 0. The smallest absolute Gasteiger partial charge is 0.258 e. The summed E-state index contributed by atoms with van der Waals surface area (Å²) < 4.78 is 28.6. The highest BCUT2D eigenvalue weighted by Crippen LogP contribution is 2.38. The predicted molar refractivity (Wildman–Crippen MR) is 84.5 cm³/mol. The molecule has 1 aromatic heterocycles. The fourth-order valence-electron chi connectivity index (χ4n) is 2.38. The summed E-state index contributed by atoms with van der Waals surface area (Å²) >= 11 is 0. The Kier molecular flexibility index (Phi) is 4.34. The molecule has 0 aliphatic heterocycles. The van der Waals surface area contributed by atoms with Crippen molar-refractivity contribution in [3.8, 4) is 11.5 Å². The number of hydrogen-bond donors (Lipinski definition) is 1. The van der Waals surface area contributed by atoms with Crippen molar-refractivity contribution in [2.45, 2.75) is 36.6 Å². The molecular formula is C14H18ClN3O3S. The van der Waals surface area contributed by atoms with Crippen molar-refractivity contribution in [2.24, 2.45) is 5.73 Å². The van der Waals surface area contributed by atoms with Crippen molar-refractivity contribution in [1.29, 1.82) is 0 Å². The molecule has 2 aromatic rings. The third-order valence-corrected chi connectivity index (χ3v) is 5.09. The topological polar surface area (TPSA) is 99.1 Å². The van der Waals surface area contributed by atoms with Gasteiger partial charge in [-0.25, -0.2) is 8.42 Å². The Labute approximate surface area is 135 Å². The SMILES string of the molecule is Cc1ccc(S(C)(=O)=O)cc1-c1nc(C2(N)CCC2)no1.Cl. The van der Waals surface area contributed by atoms with Crippen molar-refractivity contribution in [3.05, 3.63) is 29.6 Å². The molecule has 120 valence electrons. The zero-order chi connectivity index (χ0) is 15.3. The standard InChI is InChI=1S/C14H17N3O3S.ClH/c1-9-4-5-10(21(2,18)19)8-11(9)12-16-13(17-20-12)14(15)6-3-7-14;/h4-5,8H,3,6-7,15H2,1-2H3;1H. The maximum atomic E-state index is 11.7. The Morgan fingerprint density at radius 3 is 2.55 bits per heavy atom. The molecule has 3 rings (SSSR count). The Balaban J connectivity index is 0.00000176. The van der Waals surface area contributed by atoms with E-state index < -0.39 is 15.4 Å². The van der Waals surface area contributed by atoms with E-state index in [2.05, 4.69) is 10.1 Å². The van der Waals surface area contributed by atoms with E-state index in [9.17, 15) is 8.42 Å². The maximum absolute atomic E-state index is 11.7. The highest BCUT2D eigenvalue weighted by atomic mass is 35.5. The van der Waals surface area contributed by atoms with Crippen LogP contribution >= 0.6 is 12.4 Å². The van der Waals surface area contributed by atoms with Crippen molar-refractivity contribution in [3.63, 3.8) is 0 Å². The molecule has 1 saturated carbocycles. The summed E-state index contributed by atoms with van der Waals surface area (Å²) in [4.78, 5) is 4.59. The zero-order valence-corrected chi connectivity index (χ0v) is 14.0. The minimum Gasteiger partial charge on any atom is -0.334 e. The van der Waals surface area contributed by atoms with Gasteiger partial charge >= 0.3 is 0 Å². The van der Waals surface area contributed by atoms with Gasteiger partial charge in [0.15, 0.2) is 15.7 Å². The minimum atomic E-state index is -3.28. The van der Waals surface area contributed by atoms with Crippen LogP contribution in [0.2, 0.25) is 0 Å². The molecule has 22 heavy (non-hydrogen) atoms. The van der Waals surface area contributed by atoms with Gasteiger partial charge in [-0.3, -0.25) is 0 Å². The average molecular weight is 344 g/mol. The number of hydrogen-bond acceptors (Lipinski definition) is 6. The number of sulfone groups is 1. The van der Waals surface area contributed by atoms with Gasteiger partial charge in [-0.05, 0) is 43.9 Å². The lowest BCUT2D eigenvalue weighted by Crippen LogP contribution is -2.44. The molecule has 1 heterocycles. The van der Waals surface area contributed by atoms with Crippen LogP contribution < -0.4 is 5.73 Å². The van der Waals surface area contributed by atoms with Crippen LogP contribution in [0.1, 0.15) is 30.7 Å². The lowest BCUT2D eigenvalue weighted by molar-refractivity contribution is 0.229. The van der Waals surface area contributed by atoms with Gasteiger partial charge in [0.1, 0.15) is 0 Å².